The molecule has 1 aliphatic heterocycles. The van der Waals surface area contributed by atoms with Gasteiger partial charge in [-0.15, -0.1) is 0 Å². The van der Waals surface area contributed by atoms with Gasteiger partial charge in [-0.25, -0.2) is 12.8 Å². The van der Waals surface area contributed by atoms with Crippen LogP contribution in [0.5, 0.6) is 0 Å². The minimum absolute atomic E-state index is 0.0251. The van der Waals surface area contributed by atoms with Crippen LogP contribution < -0.4 is 0 Å². The lowest BCUT2D eigenvalue weighted by atomic mass is 10.1. The van der Waals surface area contributed by atoms with Crippen molar-refractivity contribution in [1.29, 1.82) is 0 Å². The molecule has 24 heavy (non-hydrogen) atoms. The summed E-state index contributed by atoms with van der Waals surface area (Å²) in [6, 6.07) is 5.66. The van der Waals surface area contributed by atoms with Gasteiger partial charge in [-0.1, -0.05) is 13.3 Å². The number of H-pyrrole nitrogens is 1. The molecule has 1 aromatic heterocycles. The molecule has 0 radical (unpaired) electrons. The lowest BCUT2D eigenvalue weighted by Gasteiger charge is -2.27. The Morgan fingerprint density at radius 1 is 1.38 bits per heavy atom. The van der Waals surface area contributed by atoms with E-state index in [-0.39, 0.29) is 29.3 Å². The van der Waals surface area contributed by atoms with Crippen molar-refractivity contribution in [3.8, 4) is 0 Å². The van der Waals surface area contributed by atoms with Crippen molar-refractivity contribution in [3.05, 3.63) is 35.8 Å². The van der Waals surface area contributed by atoms with E-state index < -0.39 is 9.84 Å². The number of hydrogen-bond donors (Lipinski definition) is 1. The van der Waals surface area contributed by atoms with Gasteiger partial charge in [0.05, 0.1) is 11.5 Å². The fourth-order valence-electron chi connectivity index (χ4n) is 3.17. The predicted molar refractivity (Wildman–Crippen MR) is 91.3 cm³/mol. The molecular weight excluding hydrogens is 331 g/mol. The van der Waals surface area contributed by atoms with Crippen LogP contribution in [0.25, 0.3) is 10.9 Å². The highest BCUT2D eigenvalue weighted by Crippen LogP contribution is 2.23. The first-order valence-electron chi connectivity index (χ1n) is 8.19. The number of nitrogens with one attached hydrogen (secondary N) is 1. The molecule has 7 heteroatoms. The van der Waals surface area contributed by atoms with Gasteiger partial charge in [0.1, 0.15) is 11.5 Å². The Balaban J connectivity index is 1.89. The lowest BCUT2D eigenvalue weighted by molar-refractivity contribution is 0.0689. The number of benzene rings is 1. The molecule has 1 aliphatic rings. The summed E-state index contributed by atoms with van der Waals surface area (Å²) in [6.45, 7) is 2.55. The number of rotatable bonds is 5. The molecule has 3 rings (SSSR count). The Morgan fingerprint density at radius 3 is 2.83 bits per heavy atom. The molecule has 1 atom stereocenters. The van der Waals surface area contributed by atoms with Gasteiger partial charge in [0.25, 0.3) is 5.91 Å². The maximum atomic E-state index is 13.3. The minimum Gasteiger partial charge on any atom is -0.351 e. The van der Waals surface area contributed by atoms with Crippen molar-refractivity contribution in [3.63, 3.8) is 0 Å². The number of aromatic nitrogens is 1. The van der Waals surface area contributed by atoms with Crippen molar-refractivity contribution in [1.82, 2.24) is 9.88 Å². The Bertz CT molecular complexity index is 860. The van der Waals surface area contributed by atoms with Crippen LogP contribution in [0.3, 0.4) is 0 Å². The third-order valence-electron chi connectivity index (χ3n) is 4.48. The average Bonchev–Trinajstić information content (AvgIpc) is 3.10. The van der Waals surface area contributed by atoms with E-state index in [1.54, 1.807) is 17.0 Å². The van der Waals surface area contributed by atoms with Crippen molar-refractivity contribution in [2.75, 3.05) is 18.1 Å². The van der Waals surface area contributed by atoms with Crippen molar-refractivity contribution >= 4 is 26.6 Å². The first-order valence-corrected chi connectivity index (χ1v) is 10.0. The van der Waals surface area contributed by atoms with Gasteiger partial charge in [-0.3, -0.25) is 4.79 Å². The third kappa shape index (κ3) is 3.45. The van der Waals surface area contributed by atoms with Crippen LogP contribution in [0.2, 0.25) is 0 Å². The summed E-state index contributed by atoms with van der Waals surface area (Å²) in [6.07, 6.45) is 2.21. The maximum absolute atomic E-state index is 13.3. The van der Waals surface area contributed by atoms with Gasteiger partial charge in [-0.05, 0) is 37.1 Å². The lowest BCUT2D eigenvalue weighted by Crippen LogP contribution is -2.41. The third-order valence-corrected chi connectivity index (χ3v) is 6.23. The fourth-order valence-corrected chi connectivity index (χ4v) is 4.90. The monoisotopic (exact) mass is 352 g/mol. The summed E-state index contributed by atoms with van der Waals surface area (Å²) in [4.78, 5) is 17.6. The zero-order valence-electron chi connectivity index (χ0n) is 13.6. The molecule has 1 aromatic carbocycles. The van der Waals surface area contributed by atoms with E-state index in [0.717, 1.165) is 12.8 Å². The van der Waals surface area contributed by atoms with Crippen LogP contribution in [0.4, 0.5) is 4.39 Å². The molecule has 1 saturated heterocycles. The minimum atomic E-state index is -3.07. The molecule has 0 bridgehead atoms. The normalized spacial score (nSPS) is 19.7. The standard InChI is InChI=1S/C17H21FN2O3S/c1-2-3-7-20(14-6-8-24(22,23)11-14)17(21)16-10-12-9-13(18)4-5-15(12)19-16/h4-5,9-10,14,19H,2-3,6-8,11H2,1H3. The summed E-state index contributed by atoms with van der Waals surface area (Å²) in [7, 11) is -3.07. The number of carbonyl (C=O) groups excluding carboxylic acids is 1. The first kappa shape index (κ1) is 17.0. The zero-order valence-corrected chi connectivity index (χ0v) is 14.4. The summed E-state index contributed by atoms with van der Waals surface area (Å²) in [5.41, 5.74) is 1.06. The fraction of sp³-hybridized carbons (Fsp3) is 0.471. The Kier molecular flexibility index (Phi) is 4.62. The van der Waals surface area contributed by atoms with Gasteiger partial charge in [0.2, 0.25) is 0 Å². The van der Waals surface area contributed by atoms with Crippen LogP contribution in [0.15, 0.2) is 24.3 Å². The maximum Gasteiger partial charge on any atom is 0.270 e. The molecule has 1 amide bonds. The van der Waals surface area contributed by atoms with Gasteiger partial charge >= 0.3 is 0 Å². The van der Waals surface area contributed by atoms with Gasteiger partial charge in [0, 0.05) is 23.5 Å². The summed E-state index contributed by atoms with van der Waals surface area (Å²) >= 11 is 0. The Morgan fingerprint density at radius 2 is 2.17 bits per heavy atom. The molecule has 0 aliphatic carbocycles. The smallest absolute Gasteiger partial charge is 0.270 e. The highest BCUT2D eigenvalue weighted by atomic mass is 32.2. The summed E-state index contributed by atoms with van der Waals surface area (Å²) in [5, 5.41) is 0.632. The van der Waals surface area contributed by atoms with Crippen molar-refractivity contribution in [2.45, 2.75) is 32.2 Å². The van der Waals surface area contributed by atoms with Crippen LogP contribution in [-0.4, -0.2) is 48.3 Å². The van der Waals surface area contributed by atoms with E-state index in [0.29, 0.717) is 29.6 Å². The summed E-state index contributed by atoms with van der Waals surface area (Å²) < 4.78 is 36.9. The number of amides is 1. The highest BCUT2D eigenvalue weighted by Gasteiger charge is 2.35. The number of nitrogens with zero attached hydrogens (tertiary/aromatic N) is 1. The second-order valence-corrected chi connectivity index (χ2v) is 8.55. The SMILES string of the molecule is CCCCN(C(=O)c1cc2cc(F)ccc2[nH]1)C1CCS(=O)(=O)C1. The van der Waals surface area contributed by atoms with E-state index in [1.807, 2.05) is 6.92 Å². The molecule has 1 N–H and O–H groups in total. The van der Waals surface area contributed by atoms with E-state index in [4.69, 9.17) is 0 Å². The van der Waals surface area contributed by atoms with Crippen molar-refractivity contribution < 1.29 is 17.6 Å². The summed E-state index contributed by atoms with van der Waals surface area (Å²) in [5.74, 6) is -0.421. The largest absolute Gasteiger partial charge is 0.351 e. The number of fused-ring (bicyclic) bond motifs is 1. The van der Waals surface area contributed by atoms with Crippen molar-refractivity contribution in [2.24, 2.45) is 0 Å². The van der Waals surface area contributed by atoms with E-state index in [1.165, 1.54) is 12.1 Å². The van der Waals surface area contributed by atoms with Crippen LogP contribution in [-0.2, 0) is 9.84 Å². The second kappa shape index (κ2) is 6.55. The number of aromatic amines is 1. The van der Waals surface area contributed by atoms with Crippen LogP contribution >= 0.6 is 0 Å². The molecule has 5 nitrogen and oxygen atoms in total. The predicted octanol–water partition coefficient (Wildman–Crippen LogP) is 2.74. The molecule has 130 valence electrons. The van der Waals surface area contributed by atoms with Gasteiger partial charge in [-0.2, -0.15) is 0 Å². The highest BCUT2D eigenvalue weighted by molar-refractivity contribution is 7.91. The molecule has 1 unspecified atom stereocenters. The number of carbonyl (C=O) groups is 1. The van der Waals surface area contributed by atoms with Crippen LogP contribution in [0, 0.1) is 5.82 Å². The molecule has 1 fully saturated rings. The molecule has 2 aromatic rings. The Hall–Kier alpha value is -1.89. The average molecular weight is 352 g/mol. The Labute approximate surface area is 140 Å². The zero-order chi connectivity index (χ0) is 17.3. The molecule has 0 saturated carbocycles. The second-order valence-electron chi connectivity index (χ2n) is 6.32. The quantitative estimate of drug-likeness (QED) is 0.899. The van der Waals surface area contributed by atoms with E-state index in [9.17, 15) is 17.6 Å². The molecule has 0 spiro atoms. The van der Waals surface area contributed by atoms with Gasteiger partial charge in [0.15, 0.2) is 9.84 Å². The number of unbranched alkanes of at least 4 members (excludes halogenated alkanes) is 1. The van der Waals surface area contributed by atoms with Crippen LogP contribution in [0.1, 0.15) is 36.7 Å². The molecule has 2 heterocycles. The number of halogens is 1. The molecular formula is C17H21FN2O3S. The first-order chi connectivity index (χ1) is 11.4. The number of sulfone groups is 1. The van der Waals surface area contributed by atoms with E-state index >= 15 is 0 Å². The number of hydrogen-bond acceptors (Lipinski definition) is 3. The topological polar surface area (TPSA) is 70.2 Å². The van der Waals surface area contributed by atoms with Gasteiger partial charge < -0.3 is 9.88 Å². The van der Waals surface area contributed by atoms with E-state index in [2.05, 4.69) is 4.98 Å².